The zero-order valence-electron chi connectivity index (χ0n) is 21.5. The molecule has 0 bridgehead atoms. The third kappa shape index (κ3) is 5.35. The summed E-state index contributed by atoms with van der Waals surface area (Å²) in [5, 5.41) is 2.59. The zero-order chi connectivity index (χ0) is 27.3. The molecule has 1 amide bonds. The number of carbonyl (C=O) groups is 1. The Morgan fingerprint density at radius 3 is 2.53 bits per heavy atom. The first-order valence-electron chi connectivity index (χ1n) is 12.0. The van der Waals surface area contributed by atoms with Crippen molar-refractivity contribution in [3.8, 4) is 0 Å². The van der Waals surface area contributed by atoms with Crippen LogP contribution in [0.15, 0.2) is 47.9 Å². The molecule has 2 aromatic heterocycles. The van der Waals surface area contributed by atoms with Gasteiger partial charge in [-0.15, -0.1) is 0 Å². The lowest BCUT2D eigenvalue weighted by molar-refractivity contribution is -0.198. The molecule has 1 aromatic carbocycles. The Morgan fingerprint density at radius 2 is 1.82 bits per heavy atom. The lowest BCUT2D eigenvalue weighted by Gasteiger charge is -2.24. The standard InChI is InChI=1S/C24H29N5O8S/c1-23(2,3)37-22(30)28-19-16-20(26-12-25-19)29(13-27-16)21-18-17(35-24(4,5)36-18)15(34-21)11-33-38(31,32)14-9-7-6-8-10-14/h6-10,12-13,15,17-18,21H,11H2,1-5H3,(H,25,26,28,30)/t15-,17-,18-,21-/m1/s1. The Bertz CT molecular complexity index is 1440. The molecule has 38 heavy (non-hydrogen) atoms. The van der Waals surface area contributed by atoms with E-state index < -0.39 is 52.1 Å². The summed E-state index contributed by atoms with van der Waals surface area (Å²) in [4.78, 5) is 25.2. The molecule has 204 valence electrons. The largest absolute Gasteiger partial charge is 0.444 e. The molecule has 0 saturated carbocycles. The molecule has 5 rings (SSSR count). The van der Waals surface area contributed by atoms with E-state index in [-0.39, 0.29) is 17.3 Å². The van der Waals surface area contributed by atoms with E-state index in [0.717, 1.165) is 0 Å². The maximum Gasteiger partial charge on any atom is 0.413 e. The molecule has 2 saturated heterocycles. The second-order valence-corrected chi connectivity index (χ2v) is 12.0. The number of imidazole rings is 1. The summed E-state index contributed by atoms with van der Waals surface area (Å²) in [7, 11) is -4.01. The van der Waals surface area contributed by atoms with Crippen LogP contribution < -0.4 is 5.32 Å². The third-order valence-corrected chi connectivity index (χ3v) is 7.09. The van der Waals surface area contributed by atoms with Crippen LogP contribution in [0, 0.1) is 0 Å². The van der Waals surface area contributed by atoms with Gasteiger partial charge in [-0.25, -0.2) is 19.7 Å². The highest BCUT2D eigenvalue weighted by atomic mass is 32.2. The number of hydrogen-bond donors (Lipinski definition) is 1. The number of aromatic nitrogens is 4. The third-order valence-electron chi connectivity index (χ3n) is 5.80. The summed E-state index contributed by atoms with van der Waals surface area (Å²) < 4.78 is 56.0. The van der Waals surface area contributed by atoms with E-state index in [1.165, 1.54) is 24.8 Å². The van der Waals surface area contributed by atoms with Gasteiger partial charge in [0.2, 0.25) is 0 Å². The van der Waals surface area contributed by atoms with Gasteiger partial charge in [0.1, 0.15) is 30.2 Å². The fourth-order valence-electron chi connectivity index (χ4n) is 4.36. The van der Waals surface area contributed by atoms with Gasteiger partial charge in [0.05, 0.1) is 17.8 Å². The number of benzene rings is 1. The number of anilines is 1. The van der Waals surface area contributed by atoms with Crippen molar-refractivity contribution >= 4 is 33.2 Å². The van der Waals surface area contributed by atoms with Crippen molar-refractivity contribution in [2.45, 2.75) is 75.4 Å². The predicted molar refractivity (Wildman–Crippen MR) is 132 cm³/mol. The van der Waals surface area contributed by atoms with Crippen LogP contribution in [-0.2, 0) is 33.2 Å². The molecular weight excluding hydrogens is 518 g/mol. The minimum atomic E-state index is -4.01. The second-order valence-electron chi connectivity index (χ2n) is 10.4. The van der Waals surface area contributed by atoms with Gasteiger partial charge >= 0.3 is 6.09 Å². The smallest absolute Gasteiger partial charge is 0.413 e. The van der Waals surface area contributed by atoms with E-state index >= 15 is 0 Å². The molecule has 4 atom stereocenters. The first kappa shape index (κ1) is 26.4. The van der Waals surface area contributed by atoms with E-state index in [2.05, 4.69) is 20.3 Å². The van der Waals surface area contributed by atoms with Crippen molar-refractivity contribution in [1.29, 1.82) is 0 Å². The lowest BCUT2D eigenvalue weighted by Crippen LogP contribution is -2.33. The van der Waals surface area contributed by atoms with E-state index in [1.807, 2.05) is 0 Å². The van der Waals surface area contributed by atoms with Gasteiger partial charge in [-0.1, -0.05) is 18.2 Å². The fourth-order valence-corrected chi connectivity index (χ4v) is 5.30. The Morgan fingerprint density at radius 1 is 1.11 bits per heavy atom. The van der Waals surface area contributed by atoms with Gasteiger partial charge < -0.3 is 18.9 Å². The average Bonchev–Trinajstić information content (AvgIpc) is 3.48. The zero-order valence-corrected chi connectivity index (χ0v) is 22.3. The molecule has 1 N–H and O–H groups in total. The van der Waals surface area contributed by atoms with Gasteiger partial charge in [-0.2, -0.15) is 8.42 Å². The van der Waals surface area contributed by atoms with Gasteiger partial charge in [0.25, 0.3) is 10.1 Å². The van der Waals surface area contributed by atoms with Crippen LogP contribution in [0.1, 0.15) is 40.8 Å². The first-order valence-corrected chi connectivity index (χ1v) is 13.4. The molecule has 0 unspecified atom stereocenters. The number of nitrogens with one attached hydrogen (secondary N) is 1. The molecule has 0 aliphatic carbocycles. The summed E-state index contributed by atoms with van der Waals surface area (Å²) in [6.07, 6.45) is -0.710. The molecule has 13 nitrogen and oxygen atoms in total. The van der Waals surface area contributed by atoms with Crippen LogP contribution in [0.3, 0.4) is 0 Å². The highest BCUT2D eigenvalue weighted by Crippen LogP contribution is 2.44. The quantitative estimate of drug-likeness (QED) is 0.453. The Balaban J connectivity index is 1.39. The molecule has 14 heteroatoms. The summed E-state index contributed by atoms with van der Waals surface area (Å²) >= 11 is 0. The van der Waals surface area contributed by atoms with Crippen LogP contribution in [0.25, 0.3) is 11.2 Å². The van der Waals surface area contributed by atoms with Crippen LogP contribution >= 0.6 is 0 Å². The van der Waals surface area contributed by atoms with E-state index in [0.29, 0.717) is 11.2 Å². The summed E-state index contributed by atoms with van der Waals surface area (Å²) in [5.41, 5.74) is -0.0235. The summed E-state index contributed by atoms with van der Waals surface area (Å²) in [6.45, 7) is 8.49. The normalized spacial score (nSPS) is 24.9. The number of ether oxygens (including phenoxy) is 4. The van der Waals surface area contributed by atoms with Crippen molar-refractivity contribution in [3.63, 3.8) is 0 Å². The van der Waals surface area contributed by atoms with Crippen LogP contribution in [0.4, 0.5) is 10.6 Å². The molecule has 4 heterocycles. The number of nitrogens with zero attached hydrogens (tertiary/aromatic N) is 4. The Hall–Kier alpha value is -3.17. The minimum Gasteiger partial charge on any atom is -0.444 e. The maximum atomic E-state index is 12.7. The van der Waals surface area contributed by atoms with E-state index in [1.54, 1.807) is 57.4 Å². The monoisotopic (exact) mass is 547 g/mol. The van der Waals surface area contributed by atoms with Crippen molar-refractivity contribution in [1.82, 2.24) is 19.5 Å². The van der Waals surface area contributed by atoms with Crippen molar-refractivity contribution in [3.05, 3.63) is 43.0 Å². The summed E-state index contributed by atoms with van der Waals surface area (Å²) in [5.74, 6) is -0.779. The van der Waals surface area contributed by atoms with Crippen LogP contribution in [0.2, 0.25) is 0 Å². The van der Waals surface area contributed by atoms with Gasteiger partial charge in [0.15, 0.2) is 29.0 Å². The Kier molecular flexibility index (Phi) is 6.64. The highest BCUT2D eigenvalue weighted by molar-refractivity contribution is 7.86. The van der Waals surface area contributed by atoms with Crippen molar-refractivity contribution < 1.29 is 36.3 Å². The van der Waals surface area contributed by atoms with Gasteiger partial charge in [-0.05, 0) is 46.8 Å². The molecule has 3 aromatic rings. The number of rotatable bonds is 6. The fraction of sp³-hybridized carbons (Fsp3) is 0.500. The first-order chi connectivity index (χ1) is 17.8. The summed E-state index contributed by atoms with van der Waals surface area (Å²) in [6, 6.07) is 7.85. The van der Waals surface area contributed by atoms with Crippen LogP contribution in [0.5, 0.6) is 0 Å². The van der Waals surface area contributed by atoms with Crippen molar-refractivity contribution in [2.24, 2.45) is 0 Å². The molecule has 2 fully saturated rings. The molecule has 2 aliphatic rings. The lowest BCUT2D eigenvalue weighted by atomic mass is 10.1. The molecular formula is C24H29N5O8S. The van der Waals surface area contributed by atoms with Gasteiger partial charge in [0, 0.05) is 0 Å². The predicted octanol–water partition coefficient (Wildman–Crippen LogP) is 3.00. The SMILES string of the molecule is CC(C)(C)OC(=O)Nc1ncnc2c1ncn2[C@@H]1O[C@H](COS(=O)(=O)c2ccccc2)[C@H]2OC(C)(C)O[C@H]21. The Labute approximate surface area is 219 Å². The number of amides is 1. The second kappa shape index (κ2) is 9.54. The average molecular weight is 548 g/mol. The minimum absolute atomic E-state index is 0.0392. The van der Waals surface area contributed by atoms with Crippen molar-refractivity contribution in [2.75, 3.05) is 11.9 Å². The topological polar surface area (TPSA) is 153 Å². The molecule has 0 radical (unpaired) electrons. The van der Waals surface area contributed by atoms with Crippen LogP contribution in [-0.4, -0.2) is 70.3 Å². The number of hydrogen-bond acceptors (Lipinski definition) is 11. The molecule has 0 spiro atoms. The maximum absolute atomic E-state index is 12.7. The van der Waals surface area contributed by atoms with Gasteiger partial charge in [-0.3, -0.25) is 14.1 Å². The molecule has 2 aliphatic heterocycles. The van der Waals surface area contributed by atoms with E-state index in [9.17, 15) is 13.2 Å². The number of fused-ring (bicyclic) bond motifs is 2. The van der Waals surface area contributed by atoms with E-state index in [4.69, 9.17) is 23.1 Å². The number of carbonyl (C=O) groups excluding carboxylic acids is 1. The highest BCUT2D eigenvalue weighted by Gasteiger charge is 2.56.